The van der Waals surface area contributed by atoms with Crippen LogP contribution in [0.5, 0.6) is 0 Å². The fraction of sp³-hybridized carbons (Fsp3) is 0.375. The third kappa shape index (κ3) is 4.46. The Hall–Kier alpha value is -1.57. The Labute approximate surface area is 148 Å². The van der Waals surface area contributed by atoms with Crippen molar-refractivity contribution in [1.82, 2.24) is 15.1 Å². The zero-order chi connectivity index (χ0) is 14.5. The van der Waals surface area contributed by atoms with Crippen LogP contribution in [-0.4, -0.2) is 22.3 Å². The molecular formula is C16H22IN5. The summed E-state index contributed by atoms with van der Waals surface area (Å²) in [6.07, 6.45) is 7.68. The lowest BCUT2D eigenvalue weighted by atomic mass is 9.85. The number of nitrogens with zero attached hydrogens (tertiary/aromatic N) is 3. The highest BCUT2D eigenvalue weighted by atomic mass is 127. The fourth-order valence-electron chi connectivity index (χ4n) is 2.35. The zero-order valence-corrected chi connectivity index (χ0v) is 14.8. The summed E-state index contributed by atoms with van der Waals surface area (Å²) in [4.78, 5) is 4.38. The Bertz CT molecular complexity index is 588. The molecule has 0 saturated heterocycles. The molecule has 3 N–H and O–H groups in total. The molecule has 0 radical (unpaired) electrons. The summed E-state index contributed by atoms with van der Waals surface area (Å²) >= 11 is 0. The molecule has 1 aliphatic rings. The molecule has 1 fully saturated rings. The van der Waals surface area contributed by atoms with Gasteiger partial charge in [0.2, 0.25) is 0 Å². The number of hydrogen-bond acceptors (Lipinski definition) is 2. The molecule has 118 valence electrons. The lowest BCUT2D eigenvalue weighted by Gasteiger charge is -2.25. The minimum atomic E-state index is 0. The van der Waals surface area contributed by atoms with Gasteiger partial charge in [0.15, 0.2) is 5.96 Å². The van der Waals surface area contributed by atoms with Crippen LogP contribution in [0.1, 0.15) is 24.8 Å². The van der Waals surface area contributed by atoms with E-state index < -0.39 is 0 Å². The number of rotatable bonds is 5. The van der Waals surface area contributed by atoms with Gasteiger partial charge in [-0.25, -0.2) is 9.67 Å². The minimum absolute atomic E-state index is 0. The summed E-state index contributed by atoms with van der Waals surface area (Å²) in [5, 5.41) is 7.41. The van der Waals surface area contributed by atoms with Crippen LogP contribution in [0.25, 0.3) is 5.69 Å². The number of benzene rings is 1. The summed E-state index contributed by atoms with van der Waals surface area (Å²) < 4.78 is 1.83. The molecule has 0 unspecified atom stereocenters. The van der Waals surface area contributed by atoms with Gasteiger partial charge in [-0.15, -0.1) is 24.0 Å². The number of nitrogens with two attached hydrogens (primary N) is 1. The van der Waals surface area contributed by atoms with Crippen molar-refractivity contribution in [2.75, 3.05) is 6.54 Å². The van der Waals surface area contributed by atoms with Crippen molar-refractivity contribution in [2.24, 2.45) is 16.6 Å². The average molecular weight is 411 g/mol. The van der Waals surface area contributed by atoms with Crippen molar-refractivity contribution in [1.29, 1.82) is 0 Å². The molecule has 3 rings (SSSR count). The van der Waals surface area contributed by atoms with Crippen molar-refractivity contribution in [3.8, 4) is 5.69 Å². The first kappa shape index (κ1) is 16.8. The van der Waals surface area contributed by atoms with E-state index in [-0.39, 0.29) is 24.0 Å². The molecule has 0 amide bonds. The second-order valence-corrected chi connectivity index (χ2v) is 5.50. The molecule has 5 nitrogen and oxygen atoms in total. The molecule has 1 aromatic carbocycles. The maximum atomic E-state index is 5.88. The first-order valence-corrected chi connectivity index (χ1v) is 7.44. The largest absolute Gasteiger partial charge is 0.370 e. The van der Waals surface area contributed by atoms with Crippen molar-refractivity contribution >= 4 is 29.9 Å². The number of halogens is 1. The predicted molar refractivity (Wildman–Crippen MR) is 99.6 cm³/mol. The number of guanidine groups is 1. The minimum Gasteiger partial charge on any atom is -0.370 e. The quantitative estimate of drug-likeness (QED) is 0.452. The Kier molecular flexibility index (Phi) is 6.23. The van der Waals surface area contributed by atoms with Crippen LogP contribution >= 0.6 is 24.0 Å². The molecule has 1 heterocycles. The van der Waals surface area contributed by atoms with Gasteiger partial charge in [0, 0.05) is 18.9 Å². The molecule has 0 spiro atoms. The molecule has 1 aliphatic carbocycles. The highest BCUT2D eigenvalue weighted by Crippen LogP contribution is 2.24. The van der Waals surface area contributed by atoms with Crippen LogP contribution in [0.15, 0.2) is 47.7 Å². The monoisotopic (exact) mass is 411 g/mol. The van der Waals surface area contributed by atoms with E-state index in [1.807, 2.05) is 29.1 Å². The zero-order valence-electron chi connectivity index (χ0n) is 12.5. The molecule has 1 aromatic heterocycles. The van der Waals surface area contributed by atoms with Gasteiger partial charge in [-0.3, -0.25) is 0 Å². The van der Waals surface area contributed by atoms with E-state index >= 15 is 0 Å². The average Bonchev–Trinajstić information content (AvgIpc) is 2.98. The lowest BCUT2D eigenvalue weighted by Crippen LogP contribution is -2.37. The second-order valence-electron chi connectivity index (χ2n) is 5.50. The van der Waals surface area contributed by atoms with E-state index in [0.717, 1.165) is 23.7 Å². The first-order valence-electron chi connectivity index (χ1n) is 7.44. The van der Waals surface area contributed by atoms with E-state index in [4.69, 9.17) is 5.73 Å². The Morgan fingerprint density at radius 2 is 2.09 bits per heavy atom. The van der Waals surface area contributed by atoms with E-state index in [1.165, 1.54) is 19.3 Å². The van der Waals surface area contributed by atoms with Crippen molar-refractivity contribution < 1.29 is 0 Å². The standard InChI is InChI=1S/C16H21N5.HI/c17-16(18-11-13-3-1-4-13)19-12-14-5-7-15(8-6-14)21-10-2-9-20-21;/h2,5-10,13H,1,3-4,11-12H2,(H3,17,18,19);1H. The third-order valence-electron chi connectivity index (χ3n) is 3.93. The summed E-state index contributed by atoms with van der Waals surface area (Å²) in [5.74, 6) is 1.32. The van der Waals surface area contributed by atoms with Crippen LogP contribution in [-0.2, 0) is 6.54 Å². The van der Waals surface area contributed by atoms with E-state index in [1.54, 1.807) is 6.20 Å². The smallest absolute Gasteiger partial charge is 0.188 e. The van der Waals surface area contributed by atoms with Crippen LogP contribution < -0.4 is 11.1 Å². The maximum absolute atomic E-state index is 5.88. The highest BCUT2D eigenvalue weighted by molar-refractivity contribution is 14.0. The van der Waals surface area contributed by atoms with Gasteiger partial charge >= 0.3 is 0 Å². The fourth-order valence-corrected chi connectivity index (χ4v) is 2.35. The SMILES string of the molecule is I.NC(=NCc1ccc(-n2cccn2)cc1)NCC1CCC1. The van der Waals surface area contributed by atoms with Gasteiger partial charge < -0.3 is 11.1 Å². The highest BCUT2D eigenvalue weighted by Gasteiger charge is 2.16. The summed E-state index contributed by atoms with van der Waals surface area (Å²) in [6.45, 7) is 1.55. The van der Waals surface area contributed by atoms with Crippen LogP contribution in [0.4, 0.5) is 0 Å². The van der Waals surface area contributed by atoms with Gasteiger partial charge in [0.25, 0.3) is 0 Å². The molecule has 0 bridgehead atoms. The molecule has 1 saturated carbocycles. The molecule has 0 atom stereocenters. The normalized spacial score (nSPS) is 15.0. The van der Waals surface area contributed by atoms with Crippen molar-refractivity contribution in [2.45, 2.75) is 25.8 Å². The van der Waals surface area contributed by atoms with Crippen molar-refractivity contribution in [3.63, 3.8) is 0 Å². The lowest BCUT2D eigenvalue weighted by molar-refractivity contribution is 0.315. The third-order valence-corrected chi connectivity index (χ3v) is 3.93. The van der Waals surface area contributed by atoms with Gasteiger partial charge in [0.05, 0.1) is 12.2 Å². The topological polar surface area (TPSA) is 68.2 Å². The summed E-state index contributed by atoms with van der Waals surface area (Å²) in [7, 11) is 0. The summed E-state index contributed by atoms with van der Waals surface area (Å²) in [6, 6.07) is 10.1. The molecule has 0 aliphatic heterocycles. The Morgan fingerprint density at radius 1 is 1.32 bits per heavy atom. The predicted octanol–water partition coefficient (Wildman–Crippen LogP) is 2.69. The number of aliphatic imine (C=N–C) groups is 1. The maximum Gasteiger partial charge on any atom is 0.188 e. The number of hydrogen-bond donors (Lipinski definition) is 2. The van der Waals surface area contributed by atoms with Gasteiger partial charge in [-0.1, -0.05) is 18.6 Å². The van der Waals surface area contributed by atoms with E-state index in [0.29, 0.717) is 12.5 Å². The number of nitrogens with one attached hydrogen (secondary N) is 1. The van der Waals surface area contributed by atoms with Gasteiger partial charge in [-0.05, 0) is 42.5 Å². The van der Waals surface area contributed by atoms with Crippen LogP contribution in [0.3, 0.4) is 0 Å². The van der Waals surface area contributed by atoms with E-state index in [2.05, 4.69) is 27.5 Å². The molecule has 6 heteroatoms. The summed E-state index contributed by atoms with van der Waals surface area (Å²) in [5.41, 5.74) is 8.06. The Morgan fingerprint density at radius 3 is 2.68 bits per heavy atom. The van der Waals surface area contributed by atoms with E-state index in [9.17, 15) is 0 Å². The van der Waals surface area contributed by atoms with Gasteiger partial charge in [-0.2, -0.15) is 5.10 Å². The molecule has 2 aromatic rings. The molecular weight excluding hydrogens is 389 g/mol. The second kappa shape index (κ2) is 8.17. The Balaban J connectivity index is 0.00000176. The number of aromatic nitrogens is 2. The first-order chi connectivity index (χ1) is 10.3. The van der Waals surface area contributed by atoms with Gasteiger partial charge in [0.1, 0.15) is 0 Å². The van der Waals surface area contributed by atoms with Crippen LogP contribution in [0, 0.1) is 5.92 Å². The van der Waals surface area contributed by atoms with Crippen LogP contribution in [0.2, 0.25) is 0 Å². The van der Waals surface area contributed by atoms with Crippen molar-refractivity contribution in [3.05, 3.63) is 48.3 Å². The molecule has 22 heavy (non-hydrogen) atoms.